The molecule has 1 aliphatic carbocycles. The maximum absolute atomic E-state index is 12.5. The van der Waals surface area contributed by atoms with Gasteiger partial charge in [0.2, 0.25) is 5.82 Å². The number of amides is 2. The van der Waals surface area contributed by atoms with Crippen molar-refractivity contribution in [1.82, 2.24) is 29.7 Å². The third kappa shape index (κ3) is 5.71. The molecule has 0 spiro atoms. The number of hydrogen-bond acceptors (Lipinski definition) is 9. The summed E-state index contributed by atoms with van der Waals surface area (Å²) in [6, 6.07) is 9.22. The van der Waals surface area contributed by atoms with Crippen molar-refractivity contribution in [2.75, 3.05) is 18.8 Å². The van der Waals surface area contributed by atoms with Crippen LogP contribution in [-0.4, -0.2) is 72.9 Å². The van der Waals surface area contributed by atoms with Crippen LogP contribution in [0.5, 0.6) is 5.75 Å². The fraction of sp³-hybridized carbons (Fsp3) is 0.464. The molecule has 2 aliphatic heterocycles. The van der Waals surface area contributed by atoms with Crippen LogP contribution in [0.4, 0.5) is 10.6 Å². The van der Waals surface area contributed by atoms with Crippen molar-refractivity contribution in [2.45, 2.75) is 63.0 Å². The summed E-state index contributed by atoms with van der Waals surface area (Å²) in [5.74, 6) is 7.20. The third-order valence-corrected chi connectivity index (χ3v) is 7.45. The number of piperidine rings is 1. The Morgan fingerprint density at radius 3 is 2.67 bits per heavy atom. The molecular formula is C28H31N7O5. The van der Waals surface area contributed by atoms with E-state index < -0.39 is 18.4 Å². The van der Waals surface area contributed by atoms with Gasteiger partial charge in [-0.1, -0.05) is 24.1 Å². The number of aliphatic hydroxyl groups excluding tert-OH is 1. The van der Waals surface area contributed by atoms with Crippen LogP contribution in [0.3, 0.4) is 0 Å². The van der Waals surface area contributed by atoms with E-state index in [0.717, 1.165) is 25.7 Å². The standard InChI is InChI=1S/C28H31N7O5/c29-25-23-26(35(16-30-23)22-15-20(36)24(40-22)27(37)31-18-9-10-18)33-21(32-25)8-4-5-17-11-13-34(14-12-17)28(38)39-19-6-2-1-3-7-19/h1-3,6-7,16-18,20,22,24,36H,5,9-15H2,(H,31,37)(H2,29,32,33)/t20?,22-,24+/m1/s1. The van der Waals surface area contributed by atoms with Gasteiger partial charge in [0.15, 0.2) is 17.6 Å². The Hall–Kier alpha value is -4.21. The lowest BCUT2D eigenvalue weighted by Crippen LogP contribution is -2.41. The predicted molar refractivity (Wildman–Crippen MR) is 144 cm³/mol. The number of fused-ring (bicyclic) bond motifs is 1. The minimum atomic E-state index is -0.951. The fourth-order valence-electron chi connectivity index (χ4n) is 5.03. The van der Waals surface area contributed by atoms with E-state index in [1.807, 2.05) is 18.2 Å². The van der Waals surface area contributed by atoms with Gasteiger partial charge in [0.05, 0.1) is 12.4 Å². The summed E-state index contributed by atoms with van der Waals surface area (Å²) < 4.78 is 13.0. The van der Waals surface area contributed by atoms with Crippen molar-refractivity contribution < 1.29 is 24.2 Å². The highest BCUT2D eigenvalue weighted by Gasteiger charge is 2.41. The van der Waals surface area contributed by atoms with Crippen LogP contribution in [0.15, 0.2) is 36.7 Å². The first-order valence-electron chi connectivity index (χ1n) is 13.6. The first-order valence-corrected chi connectivity index (χ1v) is 13.6. The molecule has 0 bridgehead atoms. The van der Waals surface area contributed by atoms with Gasteiger partial charge >= 0.3 is 6.09 Å². The van der Waals surface area contributed by atoms with Crippen LogP contribution in [0.25, 0.3) is 11.2 Å². The summed E-state index contributed by atoms with van der Waals surface area (Å²) in [5, 5.41) is 13.3. The van der Waals surface area contributed by atoms with Crippen LogP contribution in [0, 0.1) is 17.8 Å². The van der Waals surface area contributed by atoms with Gasteiger partial charge in [-0.3, -0.25) is 9.36 Å². The van der Waals surface area contributed by atoms with Gasteiger partial charge in [-0.25, -0.2) is 19.7 Å². The Kier molecular flexibility index (Phi) is 7.23. The smallest absolute Gasteiger partial charge is 0.410 e. The minimum Gasteiger partial charge on any atom is -0.410 e. The maximum Gasteiger partial charge on any atom is 0.415 e. The molecule has 3 atom stereocenters. The maximum atomic E-state index is 12.5. The number of anilines is 1. The number of aromatic nitrogens is 4. The molecule has 2 aromatic heterocycles. The molecule has 3 fully saturated rings. The lowest BCUT2D eigenvalue weighted by atomic mass is 9.94. The van der Waals surface area contributed by atoms with Gasteiger partial charge < -0.3 is 30.5 Å². The Bertz CT molecular complexity index is 1450. The fourth-order valence-corrected chi connectivity index (χ4v) is 5.03. The summed E-state index contributed by atoms with van der Waals surface area (Å²) in [6.45, 7) is 1.22. The van der Waals surface area contributed by atoms with E-state index in [9.17, 15) is 14.7 Å². The Labute approximate surface area is 230 Å². The molecule has 40 heavy (non-hydrogen) atoms. The van der Waals surface area contributed by atoms with E-state index in [2.05, 4.69) is 32.1 Å². The minimum absolute atomic E-state index is 0.175. The molecule has 0 radical (unpaired) electrons. The number of para-hydroxylation sites is 1. The van der Waals surface area contributed by atoms with Gasteiger partial charge in [0.1, 0.15) is 17.5 Å². The number of likely N-dealkylation sites (tertiary alicyclic amines) is 1. The lowest BCUT2D eigenvalue weighted by molar-refractivity contribution is -0.137. The van der Waals surface area contributed by atoms with Crippen LogP contribution in [0.1, 0.15) is 50.6 Å². The number of carbonyl (C=O) groups excluding carboxylic acids is 2. The molecule has 3 aromatic rings. The Morgan fingerprint density at radius 1 is 1.15 bits per heavy atom. The predicted octanol–water partition coefficient (Wildman–Crippen LogP) is 1.99. The molecular weight excluding hydrogens is 514 g/mol. The average molecular weight is 546 g/mol. The number of rotatable bonds is 5. The summed E-state index contributed by atoms with van der Waals surface area (Å²) in [4.78, 5) is 39.8. The molecule has 1 aromatic carbocycles. The molecule has 2 amide bonds. The SMILES string of the molecule is Nc1nc(C#CCC2CCN(C(=O)Oc3ccccc3)CC2)nc2c1ncn2[C@H]1CC(O)[C@@H](C(=O)NC2CC2)O1. The van der Waals surface area contributed by atoms with E-state index in [1.165, 1.54) is 6.33 Å². The number of carbonyl (C=O) groups is 2. The topological polar surface area (TPSA) is 158 Å². The van der Waals surface area contributed by atoms with E-state index >= 15 is 0 Å². The number of hydrogen-bond donors (Lipinski definition) is 3. The number of nitrogen functional groups attached to an aromatic ring is 1. The van der Waals surface area contributed by atoms with E-state index in [4.69, 9.17) is 15.2 Å². The Balaban J connectivity index is 1.07. The number of nitrogens with zero attached hydrogens (tertiary/aromatic N) is 5. The number of nitrogens with two attached hydrogens (primary N) is 1. The Morgan fingerprint density at radius 2 is 1.93 bits per heavy atom. The molecule has 208 valence electrons. The highest BCUT2D eigenvalue weighted by molar-refractivity contribution is 5.83. The van der Waals surface area contributed by atoms with Crippen LogP contribution < -0.4 is 15.8 Å². The zero-order valence-corrected chi connectivity index (χ0v) is 21.9. The second kappa shape index (κ2) is 11.1. The number of nitrogens with one attached hydrogen (secondary N) is 1. The van der Waals surface area contributed by atoms with Gasteiger partial charge in [-0.2, -0.15) is 0 Å². The van der Waals surface area contributed by atoms with E-state index in [0.29, 0.717) is 42.3 Å². The van der Waals surface area contributed by atoms with Crippen molar-refractivity contribution in [3.05, 3.63) is 42.5 Å². The van der Waals surface area contributed by atoms with Gasteiger partial charge in [0, 0.05) is 32.0 Å². The molecule has 1 saturated carbocycles. The summed E-state index contributed by atoms with van der Waals surface area (Å²) in [5.41, 5.74) is 6.99. The lowest BCUT2D eigenvalue weighted by Gasteiger charge is -2.30. The van der Waals surface area contributed by atoms with E-state index in [-0.39, 0.29) is 36.1 Å². The van der Waals surface area contributed by atoms with Gasteiger partial charge in [-0.15, -0.1) is 0 Å². The molecule has 12 heteroatoms. The third-order valence-electron chi connectivity index (χ3n) is 7.45. The molecule has 2 saturated heterocycles. The number of ether oxygens (including phenoxy) is 2. The monoisotopic (exact) mass is 545 g/mol. The van der Waals surface area contributed by atoms with Crippen molar-refractivity contribution >= 4 is 29.0 Å². The zero-order valence-electron chi connectivity index (χ0n) is 21.9. The molecule has 3 aliphatic rings. The van der Waals surface area contributed by atoms with Crippen LogP contribution in [0.2, 0.25) is 0 Å². The van der Waals surface area contributed by atoms with Crippen molar-refractivity contribution in [3.63, 3.8) is 0 Å². The molecule has 4 N–H and O–H groups in total. The summed E-state index contributed by atoms with van der Waals surface area (Å²) in [7, 11) is 0. The van der Waals surface area contributed by atoms with Crippen molar-refractivity contribution in [2.24, 2.45) is 5.92 Å². The van der Waals surface area contributed by atoms with E-state index in [1.54, 1.807) is 21.6 Å². The molecule has 1 unspecified atom stereocenters. The largest absolute Gasteiger partial charge is 0.415 e. The van der Waals surface area contributed by atoms with Crippen molar-refractivity contribution in [3.8, 4) is 17.6 Å². The second-order valence-corrected chi connectivity index (χ2v) is 10.5. The first kappa shape index (κ1) is 26.0. The number of aliphatic hydroxyl groups is 1. The van der Waals surface area contributed by atoms with Crippen LogP contribution in [-0.2, 0) is 9.53 Å². The summed E-state index contributed by atoms with van der Waals surface area (Å²) >= 11 is 0. The van der Waals surface area contributed by atoms with Crippen LogP contribution >= 0.6 is 0 Å². The molecule has 12 nitrogen and oxygen atoms in total. The molecule has 4 heterocycles. The number of imidazole rings is 1. The average Bonchev–Trinajstić information content (AvgIpc) is 3.52. The first-order chi connectivity index (χ1) is 19.4. The van der Waals surface area contributed by atoms with Crippen molar-refractivity contribution in [1.29, 1.82) is 0 Å². The number of benzene rings is 1. The highest BCUT2D eigenvalue weighted by atomic mass is 16.6. The normalized spacial score (nSPS) is 23.0. The van der Waals surface area contributed by atoms with Gasteiger partial charge in [-0.05, 0) is 49.7 Å². The zero-order chi connectivity index (χ0) is 27.6. The second-order valence-electron chi connectivity index (χ2n) is 10.5. The molecule has 6 rings (SSSR count). The quantitative estimate of drug-likeness (QED) is 0.408. The van der Waals surface area contributed by atoms with Gasteiger partial charge in [0.25, 0.3) is 5.91 Å². The highest BCUT2D eigenvalue weighted by Crippen LogP contribution is 2.32. The summed E-state index contributed by atoms with van der Waals surface area (Å²) in [6.07, 6.45) is 3.09.